The number of carbonyl (C=O) groups excluding carboxylic acids is 1. The molecule has 1 N–H and O–H groups in total. The Morgan fingerprint density at radius 2 is 2.50 bits per heavy atom. The van der Waals surface area contributed by atoms with Crippen molar-refractivity contribution in [1.29, 1.82) is 0 Å². The van der Waals surface area contributed by atoms with Crippen molar-refractivity contribution < 1.29 is 9.53 Å². The summed E-state index contributed by atoms with van der Waals surface area (Å²) in [5, 5.41) is 2.73. The van der Waals surface area contributed by atoms with Crippen LogP contribution < -0.4 is 10.1 Å². The lowest BCUT2D eigenvalue weighted by molar-refractivity contribution is -0.122. The van der Waals surface area contributed by atoms with Gasteiger partial charge >= 0.3 is 0 Å². The molecule has 0 saturated heterocycles. The molecule has 1 aliphatic heterocycles. The number of rotatable bonds is 0. The van der Waals surface area contributed by atoms with Crippen LogP contribution in [0, 0.1) is 6.07 Å². The maximum Gasteiger partial charge on any atom is 0.265 e. The predicted octanol–water partition coefficient (Wildman–Crippen LogP) is 1.21. The molecule has 1 aromatic carbocycles. The Kier molecular flexibility index (Phi) is 1.50. The van der Waals surface area contributed by atoms with Gasteiger partial charge in [-0.15, -0.1) is 0 Å². The standard InChI is InChI=1S/C9H8NO2/c1-6-9(11)10-7-4-2-3-5-8(7)12-6/h2,4-6H,1H3,(H,10,11). The number of hydrogen-bond acceptors (Lipinski definition) is 2. The molecule has 2 rings (SSSR count). The highest BCUT2D eigenvalue weighted by Crippen LogP contribution is 2.28. The van der Waals surface area contributed by atoms with E-state index in [0.717, 1.165) is 5.69 Å². The molecule has 1 aromatic rings. The highest BCUT2D eigenvalue weighted by molar-refractivity contribution is 5.97. The van der Waals surface area contributed by atoms with Crippen molar-refractivity contribution in [2.75, 3.05) is 5.32 Å². The van der Waals surface area contributed by atoms with Crippen molar-refractivity contribution in [3.63, 3.8) is 0 Å². The summed E-state index contributed by atoms with van der Waals surface area (Å²) in [7, 11) is 0. The first-order valence-corrected chi connectivity index (χ1v) is 3.75. The van der Waals surface area contributed by atoms with Crippen LogP contribution in [0.15, 0.2) is 18.2 Å². The van der Waals surface area contributed by atoms with Gasteiger partial charge in [0.1, 0.15) is 5.75 Å². The zero-order valence-electron chi connectivity index (χ0n) is 6.63. The SMILES string of the molecule is CC1Oc2c[c]ccc2NC1=O. The highest BCUT2D eigenvalue weighted by Gasteiger charge is 2.22. The number of benzene rings is 1. The molecule has 3 nitrogen and oxygen atoms in total. The smallest absolute Gasteiger partial charge is 0.265 e. The molecule has 1 aliphatic rings. The molecule has 1 atom stereocenters. The molecule has 0 aliphatic carbocycles. The third kappa shape index (κ3) is 1.03. The molecule has 1 heterocycles. The summed E-state index contributed by atoms with van der Waals surface area (Å²) < 4.78 is 5.30. The van der Waals surface area contributed by atoms with E-state index in [1.807, 2.05) is 0 Å². The van der Waals surface area contributed by atoms with Crippen LogP contribution >= 0.6 is 0 Å². The first-order chi connectivity index (χ1) is 5.77. The molecule has 12 heavy (non-hydrogen) atoms. The second-order valence-corrected chi connectivity index (χ2v) is 2.67. The maximum absolute atomic E-state index is 11.1. The van der Waals surface area contributed by atoms with E-state index in [1.165, 1.54) is 0 Å². The van der Waals surface area contributed by atoms with Crippen LogP contribution in [0.3, 0.4) is 0 Å². The van der Waals surface area contributed by atoms with Crippen LogP contribution in [0.4, 0.5) is 5.69 Å². The minimum absolute atomic E-state index is 0.103. The molecule has 0 bridgehead atoms. The number of fused-ring (bicyclic) bond motifs is 1. The number of hydrogen-bond donors (Lipinski definition) is 1. The quantitative estimate of drug-likeness (QED) is 0.622. The number of ether oxygens (including phenoxy) is 1. The lowest BCUT2D eigenvalue weighted by atomic mass is 10.2. The van der Waals surface area contributed by atoms with Crippen LogP contribution in [0.1, 0.15) is 6.92 Å². The number of nitrogens with one attached hydrogen (secondary N) is 1. The van der Waals surface area contributed by atoms with Crippen molar-refractivity contribution in [2.24, 2.45) is 0 Å². The first-order valence-electron chi connectivity index (χ1n) is 3.75. The predicted molar refractivity (Wildman–Crippen MR) is 44.0 cm³/mol. The normalized spacial score (nSPS) is 20.8. The van der Waals surface area contributed by atoms with Gasteiger partial charge in [-0.1, -0.05) is 6.07 Å². The van der Waals surface area contributed by atoms with Crippen molar-refractivity contribution in [2.45, 2.75) is 13.0 Å². The van der Waals surface area contributed by atoms with Gasteiger partial charge in [0.05, 0.1) is 5.69 Å². The summed E-state index contributed by atoms with van der Waals surface area (Å²) in [6.45, 7) is 1.71. The zero-order chi connectivity index (χ0) is 8.55. The van der Waals surface area contributed by atoms with Gasteiger partial charge in [0.25, 0.3) is 5.91 Å². The highest BCUT2D eigenvalue weighted by atomic mass is 16.5. The summed E-state index contributed by atoms with van der Waals surface area (Å²) >= 11 is 0. The Bertz CT molecular complexity index is 322. The van der Waals surface area contributed by atoms with E-state index in [4.69, 9.17) is 4.74 Å². The fraction of sp³-hybridized carbons (Fsp3) is 0.222. The van der Waals surface area contributed by atoms with Gasteiger partial charge in [-0.2, -0.15) is 0 Å². The van der Waals surface area contributed by atoms with E-state index in [9.17, 15) is 4.79 Å². The van der Waals surface area contributed by atoms with E-state index >= 15 is 0 Å². The van der Waals surface area contributed by atoms with Crippen LogP contribution in [-0.4, -0.2) is 12.0 Å². The maximum atomic E-state index is 11.1. The van der Waals surface area contributed by atoms with Gasteiger partial charge in [-0.3, -0.25) is 4.79 Å². The summed E-state index contributed by atoms with van der Waals surface area (Å²) in [6.07, 6.45) is -0.409. The van der Waals surface area contributed by atoms with Gasteiger partial charge in [0.2, 0.25) is 0 Å². The van der Waals surface area contributed by atoms with Crippen molar-refractivity contribution >= 4 is 11.6 Å². The second-order valence-electron chi connectivity index (χ2n) is 2.67. The summed E-state index contributed by atoms with van der Waals surface area (Å²) in [5.74, 6) is 0.582. The number of carbonyl (C=O) groups is 1. The van der Waals surface area contributed by atoms with E-state index in [1.54, 1.807) is 25.1 Å². The number of amides is 1. The Morgan fingerprint density at radius 3 is 3.33 bits per heavy atom. The van der Waals surface area contributed by atoms with Gasteiger partial charge in [0, 0.05) is 0 Å². The fourth-order valence-corrected chi connectivity index (χ4v) is 1.09. The van der Waals surface area contributed by atoms with Gasteiger partial charge in [-0.05, 0) is 25.1 Å². The van der Waals surface area contributed by atoms with Crippen molar-refractivity contribution in [3.05, 3.63) is 24.3 Å². The molecule has 61 valence electrons. The van der Waals surface area contributed by atoms with Crippen LogP contribution in [0.25, 0.3) is 0 Å². The molecule has 1 amide bonds. The molecule has 0 spiro atoms. The first kappa shape index (κ1) is 7.16. The Hall–Kier alpha value is -1.51. The van der Waals surface area contributed by atoms with E-state index < -0.39 is 6.10 Å². The lowest BCUT2D eigenvalue weighted by Crippen LogP contribution is -2.34. The minimum Gasteiger partial charge on any atom is -0.479 e. The minimum atomic E-state index is -0.409. The van der Waals surface area contributed by atoms with Gasteiger partial charge in [-0.25, -0.2) is 0 Å². The summed E-state index contributed by atoms with van der Waals surface area (Å²) in [6, 6.07) is 8.09. The third-order valence-corrected chi connectivity index (χ3v) is 1.76. The third-order valence-electron chi connectivity index (χ3n) is 1.76. The molecule has 1 unspecified atom stereocenters. The van der Waals surface area contributed by atoms with Crippen LogP contribution in [0.2, 0.25) is 0 Å². The van der Waals surface area contributed by atoms with E-state index in [-0.39, 0.29) is 5.91 Å². The monoisotopic (exact) mass is 162 g/mol. The molecular formula is C9H8NO2. The molecule has 0 aromatic heterocycles. The lowest BCUT2D eigenvalue weighted by Gasteiger charge is -2.22. The van der Waals surface area contributed by atoms with E-state index in [0.29, 0.717) is 5.75 Å². The average Bonchev–Trinajstić information content (AvgIpc) is 2.07. The van der Waals surface area contributed by atoms with Crippen molar-refractivity contribution in [3.8, 4) is 5.75 Å². The van der Waals surface area contributed by atoms with E-state index in [2.05, 4.69) is 11.4 Å². The Morgan fingerprint density at radius 1 is 1.67 bits per heavy atom. The topological polar surface area (TPSA) is 38.3 Å². The van der Waals surface area contributed by atoms with Gasteiger partial charge < -0.3 is 10.1 Å². The van der Waals surface area contributed by atoms with Crippen LogP contribution in [0.5, 0.6) is 5.75 Å². The molecule has 0 fully saturated rings. The fourth-order valence-electron chi connectivity index (χ4n) is 1.09. The molecule has 0 saturated carbocycles. The zero-order valence-corrected chi connectivity index (χ0v) is 6.63. The summed E-state index contributed by atoms with van der Waals surface area (Å²) in [4.78, 5) is 11.1. The Labute approximate surface area is 70.3 Å². The molecular weight excluding hydrogens is 154 g/mol. The van der Waals surface area contributed by atoms with Crippen molar-refractivity contribution in [1.82, 2.24) is 0 Å². The van der Waals surface area contributed by atoms with Crippen LogP contribution in [-0.2, 0) is 4.79 Å². The number of anilines is 1. The average molecular weight is 162 g/mol. The molecule has 3 heteroatoms. The van der Waals surface area contributed by atoms with Gasteiger partial charge in [0.15, 0.2) is 6.10 Å². The largest absolute Gasteiger partial charge is 0.479 e. The summed E-state index contributed by atoms with van der Waals surface area (Å²) in [5.41, 5.74) is 0.719. The Balaban J connectivity index is 2.40. The second kappa shape index (κ2) is 2.52. The molecule has 1 radical (unpaired) electrons.